The maximum absolute atomic E-state index is 13.7. The van der Waals surface area contributed by atoms with Crippen molar-refractivity contribution in [1.82, 2.24) is 20.6 Å². The maximum atomic E-state index is 13.7. The Morgan fingerprint density at radius 1 is 0.852 bits per heavy atom. The van der Waals surface area contributed by atoms with Crippen LogP contribution in [-0.4, -0.2) is 51.5 Å². The lowest BCUT2D eigenvalue weighted by atomic mass is 9.93. The zero-order valence-corrected chi connectivity index (χ0v) is 32.5. The van der Waals surface area contributed by atoms with Gasteiger partial charge in [-0.15, -0.1) is 11.3 Å². The second kappa shape index (κ2) is 19.3. The van der Waals surface area contributed by atoms with E-state index < -0.39 is 24.0 Å². The molecular formula is C44H52N4O5S. The normalized spacial score (nSPS) is 15.0. The van der Waals surface area contributed by atoms with Crippen molar-refractivity contribution < 1.29 is 24.2 Å². The van der Waals surface area contributed by atoms with E-state index in [-0.39, 0.29) is 30.1 Å². The van der Waals surface area contributed by atoms with Gasteiger partial charge >= 0.3 is 5.97 Å². The largest absolute Gasteiger partial charge is 0.494 e. The summed E-state index contributed by atoms with van der Waals surface area (Å²) in [6.07, 6.45) is 18.4. The molecule has 2 aromatic heterocycles. The second-order valence-electron chi connectivity index (χ2n) is 14.9. The Morgan fingerprint density at radius 3 is 2.19 bits per heavy atom. The van der Waals surface area contributed by atoms with Crippen molar-refractivity contribution in [3.8, 4) is 28.3 Å². The number of thiophene rings is 1. The van der Waals surface area contributed by atoms with E-state index in [0.29, 0.717) is 17.1 Å². The van der Waals surface area contributed by atoms with Crippen LogP contribution >= 0.6 is 11.3 Å². The van der Waals surface area contributed by atoms with Gasteiger partial charge in [0.2, 0.25) is 5.91 Å². The Kier molecular flexibility index (Phi) is 14.3. The first-order chi connectivity index (χ1) is 26.0. The van der Waals surface area contributed by atoms with E-state index in [2.05, 4.69) is 48.3 Å². The molecule has 0 saturated carbocycles. The molecule has 4 aromatic rings. The summed E-state index contributed by atoms with van der Waals surface area (Å²) in [7, 11) is 0. The molecule has 0 radical (unpaired) electrons. The van der Waals surface area contributed by atoms with E-state index in [1.165, 1.54) is 37.0 Å². The second-order valence-corrected chi connectivity index (χ2v) is 16.0. The summed E-state index contributed by atoms with van der Waals surface area (Å²) < 4.78 is 5.90. The van der Waals surface area contributed by atoms with Gasteiger partial charge in [0.05, 0.1) is 11.5 Å². The van der Waals surface area contributed by atoms with Crippen molar-refractivity contribution in [2.45, 2.75) is 96.6 Å². The van der Waals surface area contributed by atoms with Crippen LogP contribution in [0.2, 0.25) is 0 Å². The number of aliphatic carboxylic acids is 1. The number of nitrogens with zero attached hydrogens (tertiary/aromatic N) is 2. The molecule has 3 N–H and O–H groups in total. The minimum absolute atomic E-state index is 0.00919. The minimum atomic E-state index is -1.12. The molecule has 2 unspecified atom stereocenters. The van der Waals surface area contributed by atoms with Gasteiger partial charge in [0, 0.05) is 34.8 Å². The third-order valence-corrected chi connectivity index (χ3v) is 10.9. The number of carbonyl (C=O) groups excluding carboxylic acids is 2. The third-order valence-electron chi connectivity index (χ3n) is 9.42. The van der Waals surface area contributed by atoms with E-state index in [1.807, 2.05) is 78.9 Å². The highest BCUT2D eigenvalue weighted by atomic mass is 32.1. The molecule has 9 nitrogen and oxygen atoms in total. The number of allylic oxidation sites excluding steroid dienone is 4. The summed E-state index contributed by atoms with van der Waals surface area (Å²) in [6, 6.07) is 17.1. The van der Waals surface area contributed by atoms with Gasteiger partial charge in [-0.2, -0.15) is 0 Å². The average Bonchev–Trinajstić information content (AvgIpc) is 3.69. The van der Waals surface area contributed by atoms with Crippen molar-refractivity contribution in [3.63, 3.8) is 0 Å². The van der Waals surface area contributed by atoms with Gasteiger partial charge in [0.25, 0.3) is 5.91 Å². The third kappa shape index (κ3) is 11.7. The van der Waals surface area contributed by atoms with E-state index in [1.54, 1.807) is 18.5 Å². The lowest BCUT2D eigenvalue weighted by molar-refractivity contribution is -0.142. The number of rotatable bonds is 18. The number of hydrogen-bond acceptors (Lipinski definition) is 7. The summed E-state index contributed by atoms with van der Waals surface area (Å²) in [4.78, 5) is 50.2. The van der Waals surface area contributed by atoms with Gasteiger partial charge in [-0.3, -0.25) is 9.59 Å². The maximum Gasteiger partial charge on any atom is 0.326 e. The smallest absolute Gasteiger partial charge is 0.326 e. The summed E-state index contributed by atoms with van der Waals surface area (Å²) >= 11 is 1.38. The fraction of sp³-hybridized carbons (Fsp3) is 0.386. The Morgan fingerprint density at radius 2 is 1.56 bits per heavy atom. The van der Waals surface area contributed by atoms with Gasteiger partial charge < -0.3 is 20.5 Å². The summed E-state index contributed by atoms with van der Waals surface area (Å²) in [6.45, 7) is 9.17. The predicted molar refractivity (Wildman–Crippen MR) is 216 cm³/mol. The molecule has 10 heteroatoms. The van der Waals surface area contributed by atoms with Crippen molar-refractivity contribution in [2.24, 2.45) is 5.92 Å². The fourth-order valence-corrected chi connectivity index (χ4v) is 7.16. The van der Waals surface area contributed by atoms with E-state index in [9.17, 15) is 19.5 Å². The van der Waals surface area contributed by atoms with Crippen LogP contribution in [0.25, 0.3) is 22.5 Å². The summed E-state index contributed by atoms with van der Waals surface area (Å²) in [5.74, 6) is -0.654. The lowest BCUT2D eigenvalue weighted by Crippen LogP contribution is -2.52. The van der Waals surface area contributed by atoms with Crippen LogP contribution in [0.15, 0.2) is 97.4 Å². The van der Waals surface area contributed by atoms with Crippen LogP contribution in [0.3, 0.4) is 0 Å². The van der Waals surface area contributed by atoms with Crippen LogP contribution in [0.1, 0.15) is 92.8 Å². The van der Waals surface area contributed by atoms with Crippen LogP contribution in [0, 0.1) is 5.92 Å². The molecule has 1 aliphatic carbocycles. The molecule has 0 bridgehead atoms. The van der Waals surface area contributed by atoms with Gasteiger partial charge in [-0.25, -0.2) is 14.8 Å². The number of carbonyl (C=O) groups is 3. The molecule has 0 saturated heterocycles. The average molecular weight is 749 g/mol. The van der Waals surface area contributed by atoms with Crippen LogP contribution in [0.4, 0.5) is 0 Å². The zero-order valence-electron chi connectivity index (χ0n) is 31.7. The number of ether oxygens (including phenoxy) is 1. The van der Waals surface area contributed by atoms with Crippen molar-refractivity contribution in [1.29, 1.82) is 0 Å². The van der Waals surface area contributed by atoms with Gasteiger partial charge in [-0.05, 0) is 66.0 Å². The molecule has 2 aromatic carbocycles. The number of nitrogens with one attached hydrogen (secondary N) is 2. The highest BCUT2D eigenvalue weighted by Gasteiger charge is 2.29. The number of hydrogen-bond donors (Lipinski definition) is 3. The van der Waals surface area contributed by atoms with Gasteiger partial charge in [0.1, 0.15) is 17.8 Å². The Balaban J connectivity index is 1.25. The molecule has 0 aliphatic heterocycles. The van der Waals surface area contributed by atoms with Gasteiger partial charge in [0.15, 0.2) is 5.82 Å². The standard InChI is InChI=1S/C44H52N4O5S/c1-5-6-7-8-12-25-53-35-21-19-32(20-22-35)34-28-45-40(46-29-34)33-17-15-31(16-18-33)26-36(47-42(50)38-23-24-39(54-38)44(2,3)4)41(49)48-37(43(51)52)27-30-13-10-9-11-14-30/h9-11,13,15-24,28-30,36-37H,5-8,12,14,25-27H2,1-4H3,(H,47,50)(H,48,49)(H,51,52)/t30?,36?,37-/m0/s1. The lowest BCUT2D eigenvalue weighted by Gasteiger charge is -2.24. The number of benzene rings is 2. The van der Waals surface area contributed by atoms with Crippen LogP contribution in [0.5, 0.6) is 5.75 Å². The van der Waals surface area contributed by atoms with Gasteiger partial charge in [-0.1, -0.05) is 114 Å². The monoisotopic (exact) mass is 748 g/mol. The zero-order chi connectivity index (χ0) is 38.5. The quantitative estimate of drug-likeness (QED) is 0.0867. The van der Waals surface area contributed by atoms with Crippen molar-refractivity contribution in [3.05, 3.63) is 113 Å². The predicted octanol–water partition coefficient (Wildman–Crippen LogP) is 8.95. The highest BCUT2D eigenvalue weighted by Crippen LogP contribution is 2.30. The molecule has 54 heavy (non-hydrogen) atoms. The number of unbranched alkanes of at least 4 members (excludes halogenated alkanes) is 4. The molecular weight excluding hydrogens is 697 g/mol. The van der Waals surface area contributed by atoms with E-state index in [4.69, 9.17) is 4.74 Å². The van der Waals surface area contributed by atoms with Crippen molar-refractivity contribution in [2.75, 3.05) is 6.61 Å². The minimum Gasteiger partial charge on any atom is -0.494 e. The van der Waals surface area contributed by atoms with Crippen molar-refractivity contribution >= 4 is 29.1 Å². The molecule has 2 heterocycles. The molecule has 5 rings (SSSR count). The molecule has 3 atom stereocenters. The molecule has 0 spiro atoms. The Bertz CT molecular complexity index is 1890. The summed E-state index contributed by atoms with van der Waals surface area (Å²) in [5, 5.41) is 15.6. The molecule has 0 fully saturated rings. The molecule has 1 aliphatic rings. The first-order valence-electron chi connectivity index (χ1n) is 18.9. The fourth-order valence-electron chi connectivity index (χ4n) is 6.20. The molecule has 2 amide bonds. The molecule has 284 valence electrons. The SMILES string of the molecule is CCCCCCCOc1ccc(-c2cnc(-c3ccc(CC(NC(=O)c4ccc(C(C)(C)C)s4)C(=O)N[C@@H](CC4C=CC=CC4)C(=O)O)cc3)nc2)cc1. The first-order valence-corrected chi connectivity index (χ1v) is 19.7. The Hall–Kier alpha value is -5.09. The van der Waals surface area contributed by atoms with Crippen LogP contribution in [-0.2, 0) is 21.4 Å². The van der Waals surface area contributed by atoms with Crippen LogP contribution < -0.4 is 15.4 Å². The van der Waals surface area contributed by atoms with E-state index >= 15 is 0 Å². The van der Waals surface area contributed by atoms with E-state index in [0.717, 1.165) is 45.9 Å². The number of amides is 2. The number of carboxylic acids is 1. The first kappa shape index (κ1) is 40.1. The number of aromatic nitrogens is 2. The topological polar surface area (TPSA) is 131 Å². The highest BCUT2D eigenvalue weighted by molar-refractivity contribution is 7.14. The summed E-state index contributed by atoms with van der Waals surface area (Å²) in [5.41, 5.74) is 3.34. The Labute approximate surface area is 323 Å². The number of carboxylic acid groups (broad SMARTS) is 1.